The van der Waals surface area contributed by atoms with E-state index >= 15 is 0 Å². The number of carbonyl (C=O) groups excluding carboxylic acids is 1. The van der Waals surface area contributed by atoms with Gasteiger partial charge in [-0.25, -0.2) is 4.79 Å². The van der Waals surface area contributed by atoms with Crippen molar-refractivity contribution in [3.05, 3.63) is 71.8 Å². The van der Waals surface area contributed by atoms with Gasteiger partial charge < -0.3 is 27.6 Å². The molecule has 168 valence electrons. The van der Waals surface area contributed by atoms with E-state index in [0.29, 0.717) is 18.5 Å². The highest BCUT2D eigenvalue weighted by atomic mass is 16.4. The molecule has 0 heterocycles. The summed E-state index contributed by atoms with van der Waals surface area (Å²) in [6.07, 6.45) is 3.06. The molecule has 0 spiro atoms. The van der Waals surface area contributed by atoms with Crippen molar-refractivity contribution < 1.29 is 14.7 Å². The first-order valence-corrected chi connectivity index (χ1v) is 10.2. The van der Waals surface area contributed by atoms with Gasteiger partial charge in [0.1, 0.15) is 0 Å². The van der Waals surface area contributed by atoms with E-state index in [2.05, 4.69) is 10.3 Å². The van der Waals surface area contributed by atoms with Crippen molar-refractivity contribution in [1.82, 2.24) is 5.32 Å². The van der Waals surface area contributed by atoms with Gasteiger partial charge in [-0.2, -0.15) is 0 Å². The van der Waals surface area contributed by atoms with Gasteiger partial charge in [0.15, 0.2) is 5.96 Å². The molecule has 31 heavy (non-hydrogen) atoms. The van der Waals surface area contributed by atoms with Crippen LogP contribution < -0.4 is 22.5 Å². The molecule has 8 N–H and O–H groups in total. The van der Waals surface area contributed by atoms with Gasteiger partial charge in [-0.1, -0.05) is 48.5 Å². The normalized spacial score (nSPS) is 11.9. The lowest BCUT2D eigenvalue weighted by atomic mass is 10.1. The number of aromatic carboxylic acids is 1. The number of hydrogen-bond acceptors (Lipinski definition) is 4. The molecule has 8 heteroatoms. The first-order valence-electron chi connectivity index (χ1n) is 10.2. The van der Waals surface area contributed by atoms with E-state index in [1.54, 1.807) is 30.3 Å². The number of nitrogens with zero attached hydrogens (tertiary/aromatic N) is 1. The smallest absolute Gasteiger partial charge is 0.335 e. The van der Waals surface area contributed by atoms with Crippen molar-refractivity contribution in [2.24, 2.45) is 22.2 Å². The zero-order valence-electron chi connectivity index (χ0n) is 17.9. The summed E-state index contributed by atoms with van der Waals surface area (Å²) in [6.45, 7) is 2.55. The van der Waals surface area contributed by atoms with Gasteiger partial charge in [-0.3, -0.25) is 9.79 Å². The number of carboxylic acid groups (broad SMARTS) is 1. The minimum Gasteiger partial charge on any atom is -0.478 e. The van der Waals surface area contributed by atoms with Crippen LogP contribution in [0.4, 0.5) is 0 Å². The van der Waals surface area contributed by atoms with Gasteiger partial charge in [-0.05, 0) is 50.3 Å². The number of nitrogens with two attached hydrogens (primary N) is 3. The summed E-state index contributed by atoms with van der Waals surface area (Å²) < 4.78 is 0. The van der Waals surface area contributed by atoms with Crippen LogP contribution in [0.3, 0.4) is 0 Å². The van der Waals surface area contributed by atoms with E-state index < -0.39 is 12.0 Å². The number of guanidine groups is 1. The predicted molar refractivity (Wildman–Crippen MR) is 124 cm³/mol. The average molecular weight is 428 g/mol. The molecule has 0 aliphatic rings. The molecule has 0 radical (unpaired) electrons. The number of carboxylic acids is 1. The second-order valence-corrected chi connectivity index (χ2v) is 7.18. The highest BCUT2D eigenvalue weighted by Crippen LogP contribution is 2.04. The van der Waals surface area contributed by atoms with Crippen LogP contribution >= 0.6 is 0 Å². The Kier molecular flexibility index (Phi) is 12.1. The van der Waals surface area contributed by atoms with Crippen LogP contribution in [0.1, 0.15) is 42.1 Å². The molecule has 0 bridgehead atoms. The number of benzene rings is 2. The molecule has 0 aromatic heterocycles. The van der Waals surface area contributed by atoms with Crippen LogP contribution in [-0.4, -0.2) is 41.6 Å². The second-order valence-electron chi connectivity index (χ2n) is 7.18. The van der Waals surface area contributed by atoms with E-state index in [4.69, 9.17) is 22.3 Å². The quantitative estimate of drug-likeness (QED) is 0.221. The molecular weight excluding hydrogens is 394 g/mol. The maximum absolute atomic E-state index is 12.0. The van der Waals surface area contributed by atoms with Crippen LogP contribution in [0.5, 0.6) is 0 Å². The number of unbranched alkanes of at least 4 members (excludes halogenated alkanes) is 1. The second kappa shape index (κ2) is 14.6. The van der Waals surface area contributed by atoms with E-state index in [0.717, 1.165) is 19.3 Å². The lowest BCUT2D eigenvalue weighted by Crippen LogP contribution is -2.45. The minimum atomic E-state index is -0.879. The van der Waals surface area contributed by atoms with Gasteiger partial charge in [0.2, 0.25) is 5.91 Å². The van der Waals surface area contributed by atoms with Crippen LogP contribution in [0.2, 0.25) is 0 Å². The summed E-state index contributed by atoms with van der Waals surface area (Å²) in [5.41, 5.74) is 17.9. The summed E-state index contributed by atoms with van der Waals surface area (Å²) in [4.78, 5) is 26.1. The maximum atomic E-state index is 12.0. The SMILES string of the molecule is CC(Cc1ccccc1)NC(=O)C(N)CCCCN=C(N)N.O=C(O)c1ccccc1. The molecule has 2 atom stereocenters. The standard InChI is InChI=1S/C16H27N5O.C7H6O2/c1-12(11-13-7-3-2-4-8-13)21-15(22)14(17)9-5-6-10-20-16(18)19;8-7(9)6-4-2-1-3-5-6/h2-4,7-8,12,14H,5-6,9-11,17H2,1H3,(H,21,22)(H4,18,19,20);1-5H,(H,8,9). The molecule has 2 aromatic rings. The van der Waals surface area contributed by atoms with Crippen LogP contribution in [-0.2, 0) is 11.2 Å². The van der Waals surface area contributed by atoms with Gasteiger partial charge in [-0.15, -0.1) is 0 Å². The van der Waals surface area contributed by atoms with E-state index in [-0.39, 0.29) is 17.9 Å². The molecule has 0 aliphatic carbocycles. The number of nitrogens with one attached hydrogen (secondary N) is 1. The Morgan fingerprint density at radius 1 is 1.00 bits per heavy atom. The highest BCUT2D eigenvalue weighted by Gasteiger charge is 2.15. The fourth-order valence-corrected chi connectivity index (χ4v) is 2.76. The maximum Gasteiger partial charge on any atom is 0.335 e. The van der Waals surface area contributed by atoms with Crippen molar-refractivity contribution >= 4 is 17.8 Å². The molecule has 0 saturated carbocycles. The van der Waals surface area contributed by atoms with Gasteiger partial charge >= 0.3 is 5.97 Å². The first-order chi connectivity index (χ1) is 14.8. The van der Waals surface area contributed by atoms with Crippen molar-refractivity contribution in [1.29, 1.82) is 0 Å². The topological polar surface area (TPSA) is 157 Å². The zero-order chi connectivity index (χ0) is 23.1. The molecule has 0 saturated heterocycles. The summed E-state index contributed by atoms with van der Waals surface area (Å²) in [7, 11) is 0. The number of hydrogen-bond donors (Lipinski definition) is 5. The number of amides is 1. The molecule has 2 rings (SSSR count). The number of carbonyl (C=O) groups is 2. The molecule has 2 unspecified atom stereocenters. The van der Waals surface area contributed by atoms with Crippen LogP contribution in [0.15, 0.2) is 65.7 Å². The predicted octanol–water partition coefficient (Wildman–Crippen LogP) is 1.89. The largest absolute Gasteiger partial charge is 0.478 e. The van der Waals surface area contributed by atoms with Gasteiger partial charge in [0.25, 0.3) is 0 Å². The van der Waals surface area contributed by atoms with Crippen molar-refractivity contribution in [3.63, 3.8) is 0 Å². The van der Waals surface area contributed by atoms with Crippen LogP contribution in [0.25, 0.3) is 0 Å². The van der Waals surface area contributed by atoms with Crippen molar-refractivity contribution in [2.75, 3.05) is 6.54 Å². The molecule has 8 nitrogen and oxygen atoms in total. The Labute approximate surface area is 183 Å². The van der Waals surface area contributed by atoms with E-state index in [1.165, 1.54) is 5.56 Å². The molecule has 0 fully saturated rings. The molecule has 2 aromatic carbocycles. The summed E-state index contributed by atoms with van der Waals surface area (Å²) in [5, 5.41) is 11.3. The number of rotatable bonds is 10. The third-order valence-corrected chi connectivity index (χ3v) is 4.35. The van der Waals surface area contributed by atoms with Crippen molar-refractivity contribution in [3.8, 4) is 0 Å². The van der Waals surface area contributed by atoms with E-state index in [1.807, 2.05) is 37.3 Å². The summed E-state index contributed by atoms with van der Waals surface area (Å²) in [5.74, 6) is -0.891. The third kappa shape index (κ3) is 12.0. The first kappa shape index (κ1) is 25.6. The average Bonchev–Trinajstić information content (AvgIpc) is 2.74. The Balaban J connectivity index is 0.000000442. The molecular formula is C23H33N5O3. The Morgan fingerprint density at radius 2 is 1.58 bits per heavy atom. The summed E-state index contributed by atoms with van der Waals surface area (Å²) in [6, 6.07) is 17.9. The van der Waals surface area contributed by atoms with Crippen molar-refractivity contribution in [2.45, 2.75) is 44.7 Å². The highest BCUT2D eigenvalue weighted by molar-refractivity contribution is 5.87. The van der Waals surface area contributed by atoms with Gasteiger partial charge in [0.05, 0.1) is 11.6 Å². The van der Waals surface area contributed by atoms with Crippen LogP contribution in [0, 0.1) is 0 Å². The Hall–Kier alpha value is -3.39. The lowest BCUT2D eigenvalue weighted by Gasteiger charge is -2.17. The van der Waals surface area contributed by atoms with Gasteiger partial charge in [0, 0.05) is 12.6 Å². The summed E-state index contributed by atoms with van der Waals surface area (Å²) >= 11 is 0. The monoisotopic (exact) mass is 427 g/mol. The Bertz CT molecular complexity index is 808. The van der Waals surface area contributed by atoms with E-state index in [9.17, 15) is 9.59 Å². The minimum absolute atomic E-state index is 0.0580. The molecule has 1 amide bonds. The fraction of sp³-hybridized carbons (Fsp3) is 0.348. The molecule has 0 aliphatic heterocycles. The number of aliphatic imine (C=N–C) groups is 1. The zero-order valence-corrected chi connectivity index (χ0v) is 17.9. The lowest BCUT2D eigenvalue weighted by molar-refractivity contribution is -0.123. The fourth-order valence-electron chi connectivity index (χ4n) is 2.76. The third-order valence-electron chi connectivity index (χ3n) is 4.35. The Morgan fingerprint density at radius 3 is 2.10 bits per heavy atom.